The van der Waals surface area contributed by atoms with Gasteiger partial charge in [0.25, 0.3) is 5.91 Å². The molecule has 1 atom stereocenters. The van der Waals surface area contributed by atoms with E-state index in [2.05, 4.69) is 5.32 Å². The number of benzene rings is 2. The summed E-state index contributed by atoms with van der Waals surface area (Å²) in [6, 6.07) is 7.05. The summed E-state index contributed by atoms with van der Waals surface area (Å²) in [4.78, 5) is 12.6. The third-order valence-electron chi connectivity index (χ3n) is 4.98. The second kappa shape index (κ2) is 7.97. The van der Waals surface area contributed by atoms with Gasteiger partial charge >= 0.3 is 0 Å². The molecule has 1 N–H and O–H groups in total. The SMILES string of the molecule is Cc1ccc(S(=O)(=O)N2CCCCC2C)cc1C(=O)Nc1ccc(F)cc1F. The Hall–Kier alpha value is -2.32. The number of amides is 1. The number of hydrogen-bond acceptors (Lipinski definition) is 3. The molecule has 1 aliphatic heterocycles. The molecule has 1 amide bonds. The third-order valence-corrected chi connectivity index (χ3v) is 6.99. The topological polar surface area (TPSA) is 66.5 Å². The van der Waals surface area contributed by atoms with Gasteiger partial charge in [-0.15, -0.1) is 0 Å². The summed E-state index contributed by atoms with van der Waals surface area (Å²) >= 11 is 0. The molecule has 150 valence electrons. The molecule has 0 aromatic heterocycles. The highest BCUT2D eigenvalue weighted by Crippen LogP contribution is 2.27. The molecular weight excluding hydrogens is 386 g/mol. The average Bonchev–Trinajstić information content (AvgIpc) is 2.64. The first kappa shape index (κ1) is 20.4. The van der Waals surface area contributed by atoms with Crippen molar-refractivity contribution < 1.29 is 22.0 Å². The van der Waals surface area contributed by atoms with Crippen LogP contribution < -0.4 is 5.32 Å². The number of aryl methyl sites for hydroxylation is 1. The van der Waals surface area contributed by atoms with E-state index in [4.69, 9.17) is 0 Å². The van der Waals surface area contributed by atoms with Gasteiger partial charge in [-0.25, -0.2) is 17.2 Å². The van der Waals surface area contributed by atoms with Crippen LogP contribution in [0, 0.1) is 18.6 Å². The summed E-state index contributed by atoms with van der Waals surface area (Å²) in [7, 11) is -3.74. The third kappa shape index (κ3) is 4.07. The Labute approximate surface area is 163 Å². The average molecular weight is 408 g/mol. The predicted molar refractivity (Wildman–Crippen MR) is 103 cm³/mol. The molecule has 0 saturated carbocycles. The van der Waals surface area contributed by atoms with E-state index >= 15 is 0 Å². The van der Waals surface area contributed by atoms with Crippen molar-refractivity contribution >= 4 is 21.6 Å². The van der Waals surface area contributed by atoms with Crippen molar-refractivity contribution in [2.24, 2.45) is 0 Å². The number of hydrogen-bond donors (Lipinski definition) is 1. The number of sulfonamides is 1. The Morgan fingerprint density at radius 3 is 2.57 bits per heavy atom. The number of anilines is 1. The summed E-state index contributed by atoms with van der Waals surface area (Å²) in [5.74, 6) is -2.32. The molecule has 8 heteroatoms. The van der Waals surface area contributed by atoms with Gasteiger partial charge < -0.3 is 5.32 Å². The van der Waals surface area contributed by atoms with Gasteiger partial charge in [0.2, 0.25) is 10.0 Å². The zero-order valence-corrected chi connectivity index (χ0v) is 16.5. The predicted octanol–water partition coefficient (Wildman–Crippen LogP) is 4.09. The minimum absolute atomic E-state index is 0.0246. The first-order valence-electron chi connectivity index (χ1n) is 9.09. The van der Waals surface area contributed by atoms with Crippen molar-refractivity contribution in [3.8, 4) is 0 Å². The maximum Gasteiger partial charge on any atom is 0.256 e. The fourth-order valence-corrected chi connectivity index (χ4v) is 5.08. The van der Waals surface area contributed by atoms with Crippen LogP contribution in [0.1, 0.15) is 42.1 Å². The highest BCUT2D eigenvalue weighted by Gasteiger charge is 2.31. The molecule has 0 aliphatic carbocycles. The number of nitrogens with zero attached hydrogens (tertiary/aromatic N) is 1. The lowest BCUT2D eigenvalue weighted by Gasteiger charge is -2.32. The second-order valence-corrected chi connectivity index (χ2v) is 8.91. The van der Waals surface area contributed by atoms with Crippen molar-refractivity contribution in [3.63, 3.8) is 0 Å². The summed E-state index contributed by atoms with van der Waals surface area (Å²) in [6.45, 7) is 3.98. The van der Waals surface area contributed by atoms with Gasteiger partial charge in [-0.3, -0.25) is 4.79 Å². The van der Waals surface area contributed by atoms with Gasteiger partial charge in [0.1, 0.15) is 11.6 Å². The monoisotopic (exact) mass is 408 g/mol. The van der Waals surface area contributed by atoms with Crippen LogP contribution in [0.4, 0.5) is 14.5 Å². The zero-order chi connectivity index (χ0) is 20.5. The summed E-state index contributed by atoms with van der Waals surface area (Å²) in [5, 5.41) is 2.37. The fraction of sp³-hybridized carbons (Fsp3) is 0.350. The molecule has 1 saturated heterocycles. The van der Waals surface area contributed by atoms with Crippen LogP contribution in [0.5, 0.6) is 0 Å². The largest absolute Gasteiger partial charge is 0.319 e. The van der Waals surface area contributed by atoms with E-state index in [-0.39, 0.29) is 22.2 Å². The quantitative estimate of drug-likeness (QED) is 0.829. The Bertz CT molecular complexity index is 1010. The minimum Gasteiger partial charge on any atom is -0.319 e. The Balaban J connectivity index is 1.91. The van der Waals surface area contributed by atoms with Gasteiger partial charge in [-0.2, -0.15) is 4.31 Å². The van der Waals surface area contributed by atoms with Crippen molar-refractivity contribution in [1.29, 1.82) is 0 Å². The molecule has 1 fully saturated rings. The molecule has 1 heterocycles. The van der Waals surface area contributed by atoms with E-state index in [1.54, 1.807) is 13.0 Å². The molecule has 28 heavy (non-hydrogen) atoms. The first-order valence-corrected chi connectivity index (χ1v) is 10.5. The van der Waals surface area contributed by atoms with E-state index in [1.807, 2.05) is 6.92 Å². The number of carbonyl (C=O) groups excluding carboxylic acids is 1. The molecule has 1 aliphatic rings. The van der Waals surface area contributed by atoms with Crippen LogP contribution in [0.15, 0.2) is 41.3 Å². The molecular formula is C20H22F2N2O3S. The smallest absolute Gasteiger partial charge is 0.256 e. The molecule has 2 aromatic carbocycles. The van der Waals surface area contributed by atoms with Gasteiger partial charge in [0, 0.05) is 24.2 Å². The van der Waals surface area contributed by atoms with Crippen LogP contribution in [-0.4, -0.2) is 31.2 Å². The number of rotatable bonds is 4. The van der Waals surface area contributed by atoms with Crippen LogP contribution in [-0.2, 0) is 10.0 Å². The first-order chi connectivity index (χ1) is 13.2. The van der Waals surface area contributed by atoms with Crippen molar-refractivity contribution in [2.45, 2.75) is 44.0 Å². The van der Waals surface area contributed by atoms with E-state index < -0.39 is 27.6 Å². The number of halogens is 2. The van der Waals surface area contributed by atoms with Gasteiger partial charge in [0.15, 0.2) is 0 Å². The lowest BCUT2D eigenvalue weighted by atomic mass is 10.1. The lowest BCUT2D eigenvalue weighted by Crippen LogP contribution is -2.42. The van der Waals surface area contributed by atoms with Gasteiger partial charge in [-0.1, -0.05) is 12.5 Å². The Morgan fingerprint density at radius 2 is 1.89 bits per heavy atom. The van der Waals surface area contributed by atoms with E-state index in [0.717, 1.165) is 31.4 Å². The maximum absolute atomic E-state index is 13.8. The molecule has 1 unspecified atom stereocenters. The maximum atomic E-state index is 13.8. The van der Waals surface area contributed by atoms with E-state index in [1.165, 1.54) is 16.4 Å². The molecule has 3 rings (SSSR count). The van der Waals surface area contributed by atoms with Crippen molar-refractivity contribution in [1.82, 2.24) is 4.31 Å². The molecule has 5 nitrogen and oxygen atoms in total. The lowest BCUT2D eigenvalue weighted by molar-refractivity contribution is 0.102. The van der Waals surface area contributed by atoms with Crippen LogP contribution in [0.2, 0.25) is 0 Å². The number of piperidine rings is 1. The highest BCUT2D eigenvalue weighted by atomic mass is 32.2. The number of nitrogens with one attached hydrogen (secondary N) is 1. The summed E-state index contributed by atoms with van der Waals surface area (Å²) in [6.07, 6.45) is 2.58. The summed E-state index contributed by atoms with van der Waals surface area (Å²) in [5.41, 5.74) is 0.490. The second-order valence-electron chi connectivity index (χ2n) is 7.02. The summed E-state index contributed by atoms with van der Waals surface area (Å²) < 4.78 is 54.4. The molecule has 2 aromatic rings. The highest BCUT2D eigenvalue weighted by molar-refractivity contribution is 7.89. The van der Waals surface area contributed by atoms with E-state index in [9.17, 15) is 22.0 Å². The van der Waals surface area contributed by atoms with Crippen LogP contribution in [0.25, 0.3) is 0 Å². The van der Waals surface area contributed by atoms with E-state index in [0.29, 0.717) is 18.2 Å². The molecule has 0 bridgehead atoms. The standard InChI is InChI=1S/C20H22F2N2O3S/c1-13-6-8-16(28(26,27)24-10-4-3-5-14(24)2)12-17(13)20(25)23-19-9-7-15(21)11-18(19)22/h6-9,11-12,14H,3-5,10H2,1-2H3,(H,23,25). The minimum atomic E-state index is -3.74. The van der Waals surface area contributed by atoms with Crippen molar-refractivity contribution in [3.05, 3.63) is 59.2 Å². The molecule has 0 spiro atoms. The van der Waals surface area contributed by atoms with Crippen molar-refractivity contribution in [2.75, 3.05) is 11.9 Å². The fourth-order valence-electron chi connectivity index (χ4n) is 3.35. The van der Waals surface area contributed by atoms with Gasteiger partial charge in [-0.05, 0) is 56.5 Å². The van der Waals surface area contributed by atoms with Crippen LogP contribution in [0.3, 0.4) is 0 Å². The van der Waals surface area contributed by atoms with Gasteiger partial charge in [0.05, 0.1) is 10.6 Å². The molecule has 0 radical (unpaired) electrons. The normalized spacial score (nSPS) is 18.1. The Morgan fingerprint density at radius 1 is 1.14 bits per heavy atom. The van der Waals surface area contributed by atoms with Crippen LogP contribution >= 0.6 is 0 Å². The Kier molecular flexibility index (Phi) is 5.81. The zero-order valence-electron chi connectivity index (χ0n) is 15.7. The number of carbonyl (C=O) groups is 1.